The monoisotopic (exact) mass is 298 g/mol. The van der Waals surface area contributed by atoms with Crippen LogP contribution in [0.3, 0.4) is 0 Å². The molecule has 20 heavy (non-hydrogen) atoms. The maximum Gasteiger partial charge on any atom is 0.405 e. The van der Waals surface area contributed by atoms with Gasteiger partial charge in [0.15, 0.2) is 0 Å². The normalized spacial score (nSPS) is 20.9. The third-order valence-electron chi connectivity index (χ3n) is 2.91. The van der Waals surface area contributed by atoms with Crippen LogP contribution in [0.5, 0.6) is 0 Å². The van der Waals surface area contributed by atoms with Gasteiger partial charge in [0.05, 0.1) is 18.5 Å². The lowest BCUT2D eigenvalue weighted by Crippen LogP contribution is -2.62. The average Bonchev–Trinajstić information content (AvgIpc) is 2.43. The minimum Gasteiger partial charge on any atom is -0.465 e. The summed E-state index contributed by atoms with van der Waals surface area (Å²) in [6.07, 6.45) is -1.28. The molecule has 0 saturated carbocycles. The fraction of sp³-hybridized carbons (Fsp3) is 0.333. The van der Waals surface area contributed by atoms with E-state index >= 15 is 0 Å². The van der Waals surface area contributed by atoms with Crippen LogP contribution in [0.4, 0.5) is 4.79 Å². The van der Waals surface area contributed by atoms with E-state index in [1.165, 1.54) is 0 Å². The van der Waals surface area contributed by atoms with Crippen LogP contribution in [-0.2, 0) is 13.9 Å². The first-order valence-corrected chi connectivity index (χ1v) is 7.68. The van der Waals surface area contributed by atoms with Crippen molar-refractivity contribution in [1.82, 2.24) is 9.99 Å². The first-order chi connectivity index (χ1) is 9.49. The van der Waals surface area contributed by atoms with E-state index in [2.05, 4.69) is 5.32 Å². The van der Waals surface area contributed by atoms with Gasteiger partial charge in [-0.25, -0.2) is 4.79 Å². The third kappa shape index (κ3) is 2.55. The Labute approximate surface area is 116 Å². The molecule has 0 aliphatic carbocycles. The van der Waals surface area contributed by atoms with Gasteiger partial charge >= 0.3 is 13.6 Å². The summed E-state index contributed by atoms with van der Waals surface area (Å²) in [7, 11) is -3.46. The quantitative estimate of drug-likeness (QED) is 0.625. The van der Waals surface area contributed by atoms with Crippen LogP contribution in [0.25, 0.3) is 0 Å². The van der Waals surface area contributed by atoms with Crippen molar-refractivity contribution >= 4 is 24.8 Å². The summed E-state index contributed by atoms with van der Waals surface area (Å²) in [5.74, 6) is -0.534. The van der Waals surface area contributed by atoms with Gasteiger partial charge in [-0.1, -0.05) is 18.2 Å². The van der Waals surface area contributed by atoms with Gasteiger partial charge in [0.2, 0.25) is 0 Å². The Balaban J connectivity index is 2.22. The number of β-lactam (4-membered cyclic amide) rings is 1. The molecule has 1 heterocycles. The molecule has 2 N–H and O–H groups in total. The van der Waals surface area contributed by atoms with E-state index in [0.717, 1.165) is 4.67 Å². The molecule has 7 nitrogen and oxygen atoms in total. The Morgan fingerprint density at radius 3 is 2.65 bits per heavy atom. The number of hydrogen-bond acceptors (Lipinski definition) is 4. The number of benzene rings is 1. The van der Waals surface area contributed by atoms with Crippen LogP contribution in [-0.4, -0.2) is 41.0 Å². The van der Waals surface area contributed by atoms with Gasteiger partial charge in [0.1, 0.15) is 6.04 Å². The zero-order valence-electron chi connectivity index (χ0n) is 10.9. The van der Waals surface area contributed by atoms with Crippen LogP contribution >= 0.6 is 7.52 Å². The summed E-state index contributed by atoms with van der Waals surface area (Å²) in [6.45, 7) is 1.91. The first kappa shape index (κ1) is 14.6. The highest BCUT2D eigenvalue weighted by Crippen LogP contribution is 2.52. The van der Waals surface area contributed by atoms with Gasteiger partial charge in [0, 0.05) is 0 Å². The molecule has 0 aromatic heterocycles. The molecule has 0 bridgehead atoms. The number of nitrogens with one attached hydrogen (secondary N) is 1. The molecule has 2 unspecified atom stereocenters. The molecule has 8 heteroatoms. The minimum atomic E-state index is -3.46. The van der Waals surface area contributed by atoms with Gasteiger partial charge < -0.3 is 14.9 Å². The van der Waals surface area contributed by atoms with Crippen molar-refractivity contribution in [3.05, 3.63) is 30.3 Å². The molecule has 1 fully saturated rings. The zero-order valence-corrected chi connectivity index (χ0v) is 11.7. The summed E-state index contributed by atoms with van der Waals surface area (Å²) in [6, 6.07) is 7.58. The van der Waals surface area contributed by atoms with Crippen molar-refractivity contribution in [1.29, 1.82) is 0 Å². The molecule has 1 aromatic rings. The molecular weight excluding hydrogens is 283 g/mol. The molecule has 0 spiro atoms. The highest BCUT2D eigenvalue weighted by Gasteiger charge is 2.49. The van der Waals surface area contributed by atoms with Crippen LogP contribution in [0.1, 0.15) is 6.92 Å². The molecular formula is C12H15N2O5P. The molecule has 1 saturated heterocycles. The van der Waals surface area contributed by atoms with Gasteiger partial charge in [-0.2, -0.15) is 0 Å². The smallest absolute Gasteiger partial charge is 0.405 e. The molecule has 2 amide bonds. The molecule has 1 aliphatic heterocycles. The SMILES string of the molecule is CCOP(=O)(c1ccccc1)N1CC(NC(=O)O)C1=O. The summed E-state index contributed by atoms with van der Waals surface area (Å²) >= 11 is 0. The van der Waals surface area contributed by atoms with E-state index in [9.17, 15) is 14.2 Å². The summed E-state index contributed by atoms with van der Waals surface area (Å²) in [5.41, 5.74) is 0. The van der Waals surface area contributed by atoms with Crippen molar-refractivity contribution in [2.75, 3.05) is 13.2 Å². The molecule has 2 rings (SSSR count). The number of carbonyl (C=O) groups excluding carboxylic acids is 1. The Morgan fingerprint density at radius 2 is 2.15 bits per heavy atom. The van der Waals surface area contributed by atoms with Crippen LogP contribution < -0.4 is 10.6 Å². The summed E-state index contributed by atoms with van der Waals surface area (Å²) in [4.78, 5) is 22.5. The van der Waals surface area contributed by atoms with Gasteiger partial charge in [-0.05, 0) is 19.1 Å². The predicted octanol–water partition coefficient (Wildman–Crippen LogP) is 1.02. The zero-order chi connectivity index (χ0) is 14.8. The number of hydrogen-bond donors (Lipinski definition) is 2. The standard InChI is InChI=1S/C12H15N2O5P/c1-2-19-20(18,9-6-4-3-5-7-9)14-8-10(11(14)15)13-12(16)17/h3-7,10,13H,2,8H2,1H3,(H,16,17). The number of amides is 2. The van der Waals surface area contributed by atoms with E-state index < -0.39 is 25.6 Å². The minimum absolute atomic E-state index is 0.0390. The van der Waals surface area contributed by atoms with Crippen molar-refractivity contribution in [2.45, 2.75) is 13.0 Å². The summed E-state index contributed by atoms with van der Waals surface area (Å²) in [5, 5.41) is 11.1. The average molecular weight is 298 g/mol. The van der Waals surface area contributed by atoms with E-state index in [1.54, 1.807) is 37.3 Å². The number of carbonyl (C=O) groups is 2. The fourth-order valence-electron chi connectivity index (χ4n) is 1.98. The Bertz CT molecular complexity index is 562. The Hall–Kier alpha value is -1.85. The Morgan fingerprint density at radius 1 is 1.50 bits per heavy atom. The van der Waals surface area contributed by atoms with E-state index in [4.69, 9.17) is 9.63 Å². The molecule has 2 atom stereocenters. The van der Waals surface area contributed by atoms with Crippen molar-refractivity contribution in [3.8, 4) is 0 Å². The fourth-order valence-corrected chi connectivity index (χ4v) is 4.22. The van der Waals surface area contributed by atoms with Crippen molar-refractivity contribution < 1.29 is 23.8 Å². The lowest BCUT2D eigenvalue weighted by Gasteiger charge is -2.42. The first-order valence-electron chi connectivity index (χ1n) is 6.10. The lowest BCUT2D eigenvalue weighted by atomic mass is 10.2. The van der Waals surface area contributed by atoms with Crippen LogP contribution in [0.2, 0.25) is 0 Å². The Kier molecular flexibility index (Phi) is 4.11. The maximum atomic E-state index is 12.9. The number of rotatable bonds is 5. The summed E-state index contributed by atoms with van der Waals surface area (Å²) < 4.78 is 19.4. The molecule has 108 valence electrons. The van der Waals surface area contributed by atoms with Crippen LogP contribution in [0.15, 0.2) is 30.3 Å². The second-order valence-corrected chi connectivity index (χ2v) is 6.49. The van der Waals surface area contributed by atoms with Crippen molar-refractivity contribution in [2.24, 2.45) is 0 Å². The maximum absolute atomic E-state index is 12.9. The largest absolute Gasteiger partial charge is 0.465 e. The molecule has 1 aliphatic rings. The van der Waals surface area contributed by atoms with E-state index in [1.807, 2.05) is 0 Å². The molecule has 0 radical (unpaired) electrons. The van der Waals surface area contributed by atoms with E-state index in [-0.39, 0.29) is 13.2 Å². The van der Waals surface area contributed by atoms with Gasteiger partial charge in [0.25, 0.3) is 5.91 Å². The second-order valence-electron chi connectivity index (χ2n) is 4.20. The topological polar surface area (TPSA) is 95.9 Å². The van der Waals surface area contributed by atoms with Crippen molar-refractivity contribution in [3.63, 3.8) is 0 Å². The second kappa shape index (κ2) is 5.64. The van der Waals surface area contributed by atoms with E-state index in [0.29, 0.717) is 5.30 Å². The highest BCUT2D eigenvalue weighted by atomic mass is 31.2. The predicted molar refractivity (Wildman–Crippen MR) is 72.0 cm³/mol. The van der Waals surface area contributed by atoms with Crippen LogP contribution in [0, 0.1) is 0 Å². The van der Waals surface area contributed by atoms with Gasteiger partial charge in [-0.3, -0.25) is 14.0 Å². The molecule has 1 aromatic carbocycles. The number of carboxylic acid groups (broad SMARTS) is 1. The number of nitrogens with zero attached hydrogens (tertiary/aromatic N) is 1. The lowest BCUT2D eigenvalue weighted by molar-refractivity contribution is -0.137. The highest BCUT2D eigenvalue weighted by molar-refractivity contribution is 7.65. The van der Waals surface area contributed by atoms with Gasteiger partial charge in [-0.15, -0.1) is 0 Å². The third-order valence-corrected chi connectivity index (χ3v) is 5.47.